The van der Waals surface area contributed by atoms with Crippen LogP contribution >= 0.6 is 12.4 Å². The molecule has 0 spiro atoms. The first-order chi connectivity index (χ1) is 17.4. The largest absolute Gasteiger partial charge is 0.493 e. The van der Waals surface area contributed by atoms with Crippen LogP contribution in [0.25, 0.3) is 11.3 Å². The minimum absolute atomic E-state index is 0. The van der Waals surface area contributed by atoms with Gasteiger partial charge in [0.15, 0.2) is 11.5 Å². The SMILES string of the molecule is COc1ccc(C2CC(C(F)F)n3nc(-c4ccc(C(=O)N5CC[C@@H](N)C5)cc4)cc3N2)cc1OC.Cl. The Labute approximate surface area is 220 Å². The number of rotatable bonds is 6. The predicted octanol–water partition coefficient (Wildman–Crippen LogP) is 4.53. The van der Waals surface area contributed by atoms with E-state index in [1.807, 2.05) is 6.07 Å². The molecule has 1 amide bonds. The third kappa shape index (κ3) is 5.21. The lowest BCUT2D eigenvalue weighted by molar-refractivity contribution is 0.0659. The van der Waals surface area contributed by atoms with Gasteiger partial charge in [0, 0.05) is 36.3 Å². The van der Waals surface area contributed by atoms with Crippen LogP contribution < -0.4 is 20.5 Å². The number of hydrogen-bond donors (Lipinski definition) is 2. The fourth-order valence-electron chi connectivity index (χ4n) is 4.91. The molecular formula is C26H30ClF2N5O3. The number of anilines is 1. The smallest absolute Gasteiger partial charge is 0.260 e. The van der Waals surface area contributed by atoms with E-state index < -0.39 is 12.5 Å². The number of methoxy groups -OCH3 is 2. The molecule has 2 aliphatic rings. The van der Waals surface area contributed by atoms with E-state index in [4.69, 9.17) is 15.2 Å². The van der Waals surface area contributed by atoms with Crippen molar-refractivity contribution in [2.45, 2.75) is 37.4 Å². The topological polar surface area (TPSA) is 94.6 Å². The summed E-state index contributed by atoms with van der Waals surface area (Å²) in [6.45, 7) is 1.20. The zero-order valence-electron chi connectivity index (χ0n) is 20.6. The van der Waals surface area contributed by atoms with Crippen molar-refractivity contribution in [3.8, 4) is 22.8 Å². The van der Waals surface area contributed by atoms with E-state index in [0.717, 1.165) is 17.5 Å². The van der Waals surface area contributed by atoms with Gasteiger partial charge in [-0.1, -0.05) is 18.2 Å². The number of nitrogens with zero attached hydrogens (tertiary/aromatic N) is 3. The highest BCUT2D eigenvalue weighted by molar-refractivity contribution is 5.95. The highest BCUT2D eigenvalue weighted by Gasteiger charge is 2.35. The molecule has 2 aliphatic heterocycles. The van der Waals surface area contributed by atoms with Crippen LogP contribution in [0, 0.1) is 0 Å². The molecule has 37 heavy (non-hydrogen) atoms. The van der Waals surface area contributed by atoms with E-state index >= 15 is 0 Å². The molecule has 3 heterocycles. The summed E-state index contributed by atoms with van der Waals surface area (Å²) >= 11 is 0. The number of alkyl halides is 2. The van der Waals surface area contributed by atoms with E-state index in [0.29, 0.717) is 41.7 Å². The highest BCUT2D eigenvalue weighted by Crippen LogP contribution is 2.41. The normalized spacial score (nSPS) is 20.7. The van der Waals surface area contributed by atoms with Crippen LogP contribution in [0.4, 0.5) is 14.6 Å². The number of fused-ring (bicyclic) bond motifs is 1. The summed E-state index contributed by atoms with van der Waals surface area (Å²) in [5.41, 5.74) is 8.59. The van der Waals surface area contributed by atoms with Crippen LogP contribution in [0.1, 0.15) is 40.8 Å². The summed E-state index contributed by atoms with van der Waals surface area (Å²) in [4.78, 5) is 14.5. The summed E-state index contributed by atoms with van der Waals surface area (Å²) in [7, 11) is 3.09. The molecule has 11 heteroatoms. The molecule has 8 nitrogen and oxygen atoms in total. The molecule has 1 fully saturated rings. The molecular weight excluding hydrogens is 504 g/mol. The minimum Gasteiger partial charge on any atom is -0.493 e. The van der Waals surface area contributed by atoms with Gasteiger partial charge < -0.3 is 25.4 Å². The third-order valence-electron chi connectivity index (χ3n) is 6.89. The first-order valence-electron chi connectivity index (χ1n) is 11.9. The molecule has 2 aromatic carbocycles. The van der Waals surface area contributed by atoms with Gasteiger partial charge in [0.05, 0.1) is 26.0 Å². The number of carbonyl (C=O) groups excluding carboxylic acids is 1. The fourth-order valence-corrected chi connectivity index (χ4v) is 4.91. The zero-order chi connectivity index (χ0) is 25.4. The number of amides is 1. The van der Waals surface area contributed by atoms with Crippen LogP contribution in [0.15, 0.2) is 48.5 Å². The number of ether oxygens (including phenoxy) is 2. The number of likely N-dealkylation sites (tertiary alicyclic amines) is 1. The van der Waals surface area contributed by atoms with E-state index in [1.165, 1.54) is 11.8 Å². The molecule has 3 atom stereocenters. The summed E-state index contributed by atoms with van der Waals surface area (Å²) in [5.74, 6) is 1.56. The third-order valence-corrected chi connectivity index (χ3v) is 6.89. The Morgan fingerprint density at radius 2 is 1.84 bits per heavy atom. The Bertz CT molecular complexity index is 1250. The molecule has 0 bridgehead atoms. The lowest BCUT2D eigenvalue weighted by Crippen LogP contribution is -2.31. The standard InChI is InChI=1S/C26H29F2N5O3.ClH/c1-35-22-8-7-17(11-23(22)36-2)19-12-21(25(27)28)33-24(30-19)13-20(31-33)15-3-5-16(6-4-15)26(34)32-10-9-18(29)14-32;/h3-8,11,13,18-19,21,25,30H,9-10,12,14,29H2,1-2H3;1H/t18-,19?,21?;/m1./s1. The van der Waals surface area contributed by atoms with Gasteiger partial charge in [-0.05, 0) is 42.7 Å². The van der Waals surface area contributed by atoms with Crippen molar-refractivity contribution in [2.24, 2.45) is 5.73 Å². The Hall–Kier alpha value is -3.37. The van der Waals surface area contributed by atoms with E-state index in [9.17, 15) is 13.6 Å². The van der Waals surface area contributed by atoms with Crippen LogP contribution in [-0.2, 0) is 0 Å². The average Bonchev–Trinajstić information content (AvgIpc) is 3.53. The van der Waals surface area contributed by atoms with Gasteiger partial charge in [0.1, 0.15) is 11.9 Å². The number of nitrogens with one attached hydrogen (secondary N) is 1. The maximum atomic E-state index is 14.1. The first-order valence-corrected chi connectivity index (χ1v) is 11.9. The Morgan fingerprint density at radius 3 is 2.46 bits per heavy atom. The van der Waals surface area contributed by atoms with Crippen LogP contribution in [-0.4, -0.2) is 60.4 Å². The lowest BCUT2D eigenvalue weighted by atomic mass is 9.97. The van der Waals surface area contributed by atoms with Crippen molar-refractivity contribution in [1.82, 2.24) is 14.7 Å². The van der Waals surface area contributed by atoms with Crippen LogP contribution in [0.5, 0.6) is 11.5 Å². The van der Waals surface area contributed by atoms with Crippen molar-refractivity contribution in [3.63, 3.8) is 0 Å². The van der Waals surface area contributed by atoms with E-state index in [1.54, 1.807) is 54.5 Å². The number of carbonyl (C=O) groups is 1. The van der Waals surface area contributed by atoms with E-state index in [2.05, 4.69) is 10.4 Å². The Morgan fingerprint density at radius 1 is 1.11 bits per heavy atom. The molecule has 1 aromatic heterocycles. The fraction of sp³-hybridized carbons (Fsp3) is 0.385. The van der Waals surface area contributed by atoms with Crippen molar-refractivity contribution < 1.29 is 23.0 Å². The summed E-state index contributed by atoms with van der Waals surface area (Å²) < 4.78 is 40.2. The number of hydrogen-bond acceptors (Lipinski definition) is 6. The maximum Gasteiger partial charge on any atom is 0.260 e. The second-order valence-electron chi connectivity index (χ2n) is 9.19. The van der Waals surface area contributed by atoms with Gasteiger partial charge in [-0.25, -0.2) is 13.5 Å². The lowest BCUT2D eigenvalue weighted by Gasteiger charge is -2.32. The minimum atomic E-state index is -2.59. The Balaban J connectivity index is 0.00000320. The van der Waals surface area contributed by atoms with Crippen molar-refractivity contribution in [3.05, 3.63) is 59.7 Å². The highest BCUT2D eigenvalue weighted by atomic mass is 35.5. The molecule has 0 saturated carbocycles. The molecule has 3 N–H and O–H groups in total. The maximum absolute atomic E-state index is 14.1. The Kier molecular flexibility index (Phi) is 7.89. The number of halogens is 3. The zero-order valence-corrected chi connectivity index (χ0v) is 21.4. The van der Waals surface area contributed by atoms with Gasteiger partial charge in [-0.15, -0.1) is 12.4 Å². The van der Waals surface area contributed by atoms with Crippen molar-refractivity contribution in [2.75, 3.05) is 32.6 Å². The molecule has 0 aliphatic carbocycles. The number of aromatic nitrogens is 2. The molecule has 2 unspecified atom stereocenters. The molecule has 0 radical (unpaired) electrons. The van der Waals surface area contributed by atoms with Gasteiger partial charge in [0.2, 0.25) is 0 Å². The number of benzene rings is 2. The van der Waals surface area contributed by atoms with Gasteiger partial charge >= 0.3 is 0 Å². The summed E-state index contributed by atoms with van der Waals surface area (Å²) in [5, 5.41) is 7.84. The predicted molar refractivity (Wildman–Crippen MR) is 139 cm³/mol. The van der Waals surface area contributed by atoms with Gasteiger partial charge in [0.25, 0.3) is 12.3 Å². The molecule has 5 rings (SSSR count). The molecule has 1 saturated heterocycles. The van der Waals surface area contributed by atoms with Gasteiger partial charge in [-0.2, -0.15) is 5.10 Å². The van der Waals surface area contributed by atoms with Crippen LogP contribution in [0.2, 0.25) is 0 Å². The second-order valence-corrected chi connectivity index (χ2v) is 9.19. The van der Waals surface area contributed by atoms with E-state index in [-0.39, 0.29) is 36.8 Å². The summed E-state index contributed by atoms with van der Waals surface area (Å²) in [6.07, 6.45) is -1.63. The quantitative estimate of drug-likeness (QED) is 0.483. The average molecular weight is 534 g/mol. The van der Waals surface area contributed by atoms with Gasteiger partial charge in [-0.3, -0.25) is 4.79 Å². The first kappa shape index (κ1) is 26.7. The number of nitrogens with two attached hydrogens (primary N) is 1. The monoisotopic (exact) mass is 533 g/mol. The van der Waals surface area contributed by atoms with Crippen LogP contribution in [0.3, 0.4) is 0 Å². The molecule has 198 valence electrons. The molecule has 3 aromatic rings. The van der Waals surface area contributed by atoms with Crippen molar-refractivity contribution >= 4 is 24.1 Å². The summed E-state index contributed by atoms with van der Waals surface area (Å²) in [6, 6.07) is 12.8. The van der Waals surface area contributed by atoms with Crippen molar-refractivity contribution in [1.29, 1.82) is 0 Å². The second kappa shape index (κ2) is 10.9.